The van der Waals surface area contributed by atoms with Crippen LogP contribution in [0.25, 0.3) is 11.4 Å². The molecule has 2 aromatic heterocycles. The van der Waals surface area contributed by atoms with Crippen molar-refractivity contribution in [1.29, 1.82) is 0 Å². The van der Waals surface area contributed by atoms with Crippen molar-refractivity contribution in [3.05, 3.63) is 51.6 Å². The number of benzene rings is 1. The molecule has 1 amide bonds. The van der Waals surface area contributed by atoms with Gasteiger partial charge in [0.05, 0.1) is 20.8 Å². The highest BCUT2D eigenvalue weighted by molar-refractivity contribution is 7.99. The summed E-state index contributed by atoms with van der Waals surface area (Å²) in [4.78, 5) is 16.2. The molecule has 0 fully saturated rings. The number of amides is 1. The van der Waals surface area contributed by atoms with E-state index in [0.717, 1.165) is 5.56 Å². The highest BCUT2D eigenvalue weighted by Crippen LogP contribution is 2.29. The van der Waals surface area contributed by atoms with Gasteiger partial charge in [0.2, 0.25) is 5.91 Å². The van der Waals surface area contributed by atoms with Gasteiger partial charge in [-0.2, -0.15) is 0 Å². The standard InChI is InChI=1S/C17H14Cl3N5OS/c1-2-25-16(10-3-5-12(19)13(20)7-10)23-24-17(25)27-9-15(26)22-14-6-4-11(18)8-21-14/h3-8H,2,9H2,1H3,(H,21,22,26). The third kappa shape index (κ3) is 4.93. The van der Waals surface area contributed by atoms with Crippen molar-refractivity contribution in [2.45, 2.75) is 18.6 Å². The molecule has 0 saturated carbocycles. The highest BCUT2D eigenvalue weighted by atomic mass is 35.5. The third-order valence-corrected chi connectivity index (χ3v) is 5.47. The number of anilines is 1. The number of carbonyl (C=O) groups is 1. The minimum atomic E-state index is -0.198. The lowest BCUT2D eigenvalue weighted by Crippen LogP contribution is -2.15. The molecule has 0 aliphatic carbocycles. The van der Waals surface area contributed by atoms with Crippen LogP contribution in [0.15, 0.2) is 41.7 Å². The van der Waals surface area contributed by atoms with Crippen LogP contribution in [0.4, 0.5) is 5.82 Å². The zero-order chi connectivity index (χ0) is 19.4. The second kappa shape index (κ2) is 8.93. The van der Waals surface area contributed by atoms with Crippen LogP contribution in [0.2, 0.25) is 15.1 Å². The number of pyridine rings is 1. The number of aromatic nitrogens is 4. The number of rotatable bonds is 6. The molecule has 0 saturated heterocycles. The quantitative estimate of drug-likeness (QED) is 0.541. The van der Waals surface area contributed by atoms with Crippen LogP contribution in [0.5, 0.6) is 0 Å². The van der Waals surface area contributed by atoms with Gasteiger partial charge in [-0.3, -0.25) is 4.79 Å². The average molecular weight is 443 g/mol. The number of nitrogens with one attached hydrogen (secondary N) is 1. The summed E-state index contributed by atoms with van der Waals surface area (Å²) in [5.74, 6) is 1.08. The molecule has 0 aliphatic heterocycles. The molecule has 0 bridgehead atoms. The number of thioether (sulfide) groups is 1. The number of hydrogen-bond acceptors (Lipinski definition) is 5. The summed E-state index contributed by atoms with van der Waals surface area (Å²) in [7, 11) is 0. The van der Waals surface area contributed by atoms with Gasteiger partial charge < -0.3 is 9.88 Å². The normalized spacial score (nSPS) is 10.8. The Kier molecular flexibility index (Phi) is 6.59. The molecule has 3 rings (SSSR count). The van der Waals surface area contributed by atoms with Crippen molar-refractivity contribution in [2.75, 3.05) is 11.1 Å². The zero-order valence-corrected chi connectivity index (χ0v) is 17.2. The molecule has 3 aromatic rings. The summed E-state index contributed by atoms with van der Waals surface area (Å²) < 4.78 is 1.91. The Morgan fingerprint density at radius 1 is 1.15 bits per heavy atom. The van der Waals surface area contributed by atoms with Gasteiger partial charge in [0.15, 0.2) is 11.0 Å². The zero-order valence-electron chi connectivity index (χ0n) is 14.1. The van der Waals surface area contributed by atoms with Crippen LogP contribution in [-0.2, 0) is 11.3 Å². The second-order valence-corrected chi connectivity index (χ2v) is 7.57. The van der Waals surface area contributed by atoms with Gasteiger partial charge in [-0.05, 0) is 37.3 Å². The summed E-state index contributed by atoms with van der Waals surface area (Å²) in [6.45, 7) is 2.62. The fourth-order valence-electron chi connectivity index (χ4n) is 2.29. The van der Waals surface area contributed by atoms with E-state index in [-0.39, 0.29) is 11.7 Å². The van der Waals surface area contributed by atoms with Crippen LogP contribution >= 0.6 is 46.6 Å². The molecule has 0 unspecified atom stereocenters. The Morgan fingerprint density at radius 2 is 1.96 bits per heavy atom. The first-order chi connectivity index (χ1) is 13.0. The fraction of sp³-hybridized carbons (Fsp3) is 0.176. The summed E-state index contributed by atoms with van der Waals surface area (Å²) in [5.41, 5.74) is 0.806. The number of hydrogen-bond donors (Lipinski definition) is 1. The van der Waals surface area contributed by atoms with Crippen molar-refractivity contribution in [3.63, 3.8) is 0 Å². The lowest BCUT2D eigenvalue weighted by Gasteiger charge is -2.08. The lowest BCUT2D eigenvalue weighted by molar-refractivity contribution is -0.113. The molecular formula is C17H14Cl3N5OS. The van der Waals surface area contributed by atoms with Crippen molar-refractivity contribution in [3.8, 4) is 11.4 Å². The Hall–Kier alpha value is -1.80. The Labute approximate surface area is 175 Å². The van der Waals surface area contributed by atoms with Crippen LogP contribution in [-0.4, -0.2) is 31.4 Å². The minimum absolute atomic E-state index is 0.170. The van der Waals surface area contributed by atoms with Crippen LogP contribution in [0.3, 0.4) is 0 Å². The Balaban J connectivity index is 1.70. The van der Waals surface area contributed by atoms with Crippen LogP contribution in [0, 0.1) is 0 Å². The molecule has 10 heteroatoms. The Bertz CT molecular complexity index is 962. The topological polar surface area (TPSA) is 72.7 Å². The van der Waals surface area contributed by atoms with E-state index in [0.29, 0.717) is 38.4 Å². The second-order valence-electron chi connectivity index (χ2n) is 5.38. The predicted molar refractivity (Wildman–Crippen MR) is 110 cm³/mol. The van der Waals surface area contributed by atoms with E-state index in [9.17, 15) is 4.79 Å². The van der Waals surface area contributed by atoms with Gasteiger partial charge in [0.25, 0.3) is 0 Å². The van der Waals surface area contributed by atoms with E-state index < -0.39 is 0 Å². The van der Waals surface area contributed by atoms with Gasteiger partial charge in [-0.15, -0.1) is 10.2 Å². The van der Waals surface area contributed by atoms with Crippen molar-refractivity contribution in [2.24, 2.45) is 0 Å². The SMILES string of the molecule is CCn1c(SCC(=O)Nc2ccc(Cl)cn2)nnc1-c1ccc(Cl)c(Cl)c1. The van der Waals surface area contributed by atoms with Crippen molar-refractivity contribution < 1.29 is 4.79 Å². The molecule has 6 nitrogen and oxygen atoms in total. The smallest absolute Gasteiger partial charge is 0.236 e. The molecule has 1 aromatic carbocycles. The van der Waals surface area contributed by atoms with E-state index >= 15 is 0 Å². The molecule has 0 radical (unpaired) electrons. The van der Waals surface area contributed by atoms with Gasteiger partial charge in [0.1, 0.15) is 5.82 Å². The summed E-state index contributed by atoms with van der Waals surface area (Å²) in [5, 5.41) is 13.2. The van der Waals surface area contributed by atoms with Gasteiger partial charge in [-0.25, -0.2) is 4.98 Å². The summed E-state index contributed by atoms with van der Waals surface area (Å²) in [6.07, 6.45) is 1.47. The van der Waals surface area contributed by atoms with E-state index in [4.69, 9.17) is 34.8 Å². The lowest BCUT2D eigenvalue weighted by atomic mass is 10.2. The van der Waals surface area contributed by atoms with E-state index in [2.05, 4.69) is 20.5 Å². The largest absolute Gasteiger partial charge is 0.310 e. The van der Waals surface area contributed by atoms with Gasteiger partial charge in [-0.1, -0.05) is 46.6 Å². The first-order valence-corrected chi connectivity index (χ1v) is 10.0. The first kappa shape index (κ1) is 19.9. The number of carbonyl (C=O) groups excluding carboxylic acids is 1. The van der Waals surface area contributed by atoms with E-state index in [1.807, 2.05) is 17.6 Å². The summed E-state index contributed by atoms with van der Waals surface area (Å²) in [6, 6.07) is 8.59. The maximum Gasteiger partial charge on any atom is 0.236 e. The van der Waals surface area contributed by atoms with Gasteiger partial charge in [0, 0.05) is 18.3 Å². The fourth-order valence-corrected chi connectivity index (χ4v) is 3.50. The predicted octanol–water partition coefficient (Wildman–Crippen LogP) is 5.05. The minimum Gasteiger partial charge on any atom is -0.310 e. The molecular weight excluding hydrogens is 429 g/mol. The third-order valence-electron chi connectivity index (χ3n) is 3.54. The maximum absolute atomic E-state index is 12.1. The number of nitrogens with zero attached hydrogens (tertiary/aromatic N) is 4. The van der Waals surface area contributed by atoms with Crippen molar-refractivity contribution in [1.82, 2.24) is 19.7 Å². The summed E-state index contributed by atoms with van der Waals surface area (Å²) >= 11 is 19.1. The van der Waals surface area contributed by atoms with E-state index in [1.54, 1.807) is 24.3 Å². The molecule has 1 N–H and O–H groups in total. The van der Waals surface area contributed by atoms with Crippen LogP contribution < -0.4 is 5.32 Å². The molecule has 27 heavy (non-hydrogen) atoms. The molecule has 0 atom stereocenters. The van der Waals surface area contributed by atoms with Gasteiger partial charge >= 0.3 is 0 Å². The molecule has 0 aliphatic rings. The van der Waals surface area contributed by atoms with Crippen LogP contribution in [0.1, 0.15) is 6.92 Å². The molecule has 140 valence electrons. The van der Waals surface area contributed by atoms with E-state index in [1.165, 1.54) is 18.0 Å². The highest BCUT2D eigenvalue weighted by Gasteiger charge is 2.15. The molecule has 0 spiro atoms. The monoisotopic (exact) mass is 441 g/mol. The molecule has 2 heterocycles. The average Bonchev–Trinajstić information content (AvgIpc) is 3.07. The maximum atomic E-state index is 12.1. The number of halogens is 3. The van der Waals surface area contributed by atoms with Crippen molar-refractivity contribution >= 4 is 58.3 Å². The Morgan fingerprint density at radius 3 is 2.63 bits per heavy atom. The first-order valence-electron chi connectivity index (χ1n) is 7.90.